The number of ether oxygens (including phenoxy) is 3. The third kappa shape index (κ3) is 4.64. The predicted octanol–water partition coefficient (Wildman–Crippen LogP) is 5.21. The van der Waals surface area contributed by atoms with E-state index in [1.807, 2.05) is 17.0 Å². The van der Waals surface area contributed by atoms with Crippen LogP contribution in [0.15, 0.2) is 24.4 Å². The highest BCUT2D eigenvalue weighted by molar-refractivity contribution is 5.92. The minimum atomic E-state index is -1.26. The molecule has 2 saturated heterocycles. The lowest BCUT2D eigenvalue weighted by molar-refractivity contribution is -0.245. The second-order valence-corrected chi connectivity index (χ2v) is 19.0. The maximum atomic E-state index is 13.2. The molecule has 2 aliphatic heterocycles. The Morgan fingerprint density at radius 2 is 1.82 bits per heavy atom. The third-order valence-electron chi connectivity index (χ3n) is 16.4. The van der Waals surface area contributed by atoms with Crippen molar-refractivity contribution in [1.29, 1.82) is 0 Å². The molecule has 0 bridgehead atoms. The summed E-state index contributed by atoms with van der Waals surface area (Å²) in [4.78, 5) is 19.3. The molecule has 272 valence electrons. The van der Waals surface area contributed by atoms with Gasteiger partial charge in [-0.3, -0.25) is 9.78 Å². The lowest BCUT2D eigenvalue weighted by atomic mass is 9.41. The Morgan fingerprint density at radius 3 is 2.53 bits per heavy atom. The fourth-order valence-corrected chi connectivity index (χ4v) is 13.9. The Hall–Kier alpha value is -1.62. The number of hydrogen-bond donors (Lipinski definition) is 3. The average molecular weight is 681 g/mol. The molecule has 3 N–H and O–H groups in total. The molecule has 9 heteroatoms. The van der Waals surface area contributed by atoms with Crippen molar-refractivity contribution in [1.82, 2.24) is 9.88 Å². The molecule has 5 unspecified atom stereocenters. The smallest absolute Gasteiger partial charge is 0.272 e. The van der Waals surface area contributed by atoms with Gasteiger partial charge in [-0.15, -0.1) is 0 Å². The standard InChI is InChI=1S/C40H60N2O7/c1-23-20-25(32(43)36(4,5)46)48-31-30(23)37(6)15-16-40-22-39(40)14-13-28(35(2,3)26(39)11-12-27(40)38(37,7)33(31)44)49-29-21-42(18-19-47-29)34(45)24-10-8-9-17-41-24/h8-10,17,23,25-33,43-44,46H,11-16,18-22H2,1-7H3/t23-,25-,26+,27+,28?,29?,30?,31+,32?,33+,37-,38-,39?,40+/m1/s1. The van der Waals surface area contributed by atoms with Crippen molar-refractivity contribution in [3.05, 3.63) is 30.1 Å². The van der Waals surface area contributed by atoms with Crippen LogP contribution in [0.3, 0.4) is 0 Å². The van der Waals surface area contributed by atoms with E-state index in [-0.39, 0.29) is 57.0 Å². The highest BCUT2D eigenvalue weighted by Crippen LogP contribution is 2.89. The van der Waals surface area contributed by atoms with E-state index in [0.29, 0.717) is 43.6 Å². The monoisotopic (exact) mass is 680 g/mol. The zero-order valence-electron chi connectivity index (χ0n) is 30.7. The van der Waals surface area contributed by atoms with E-state index in [0.717, 1.165) is 32.1 Å². The molecule has 0 radical (unpaired) electrons. The Kier molecular flexibility index (Phi) is 7.87. The second-order valence-electron chi connectivity index (χ2n) is 19.0. The summed E-state index contributed by atoms with van der Waals surface area (Å²) in [5.74, 6) is 1.38. The van der Waals surface area contributed by atoms with Crippen molar-refractivity contribution in [3.63, 3.8) is 0 Å². The summed E-state index contributed by atoms with van der Waals surface area (Å²) in [6, 6.07) is 5.43. The highest BCUT2D eigenvalue weighted by atomic mass is 16.7. The maximum Gasteiger partial charge on any atom is 0.272 e. The van der Waals surface area contributed by atoms with Gasteiger partial charge in [-0.2, -0.15) is 0 Å². The minimum Gasteiger partial charge on any atom is -0.390 e. The number of amides is 1. The van der Waals surface area contributed by atoms with Crippen LogP contribution in [0.2, 0.25) is 0 Å². The molecule has 9 nitrogen and oxygen atoms in total. The van der Waals surface area contributed by atoms with E-state index in [4.69, 9.17) is 14.2 Å². The van der Waals surface area contributed by atoms with Crippen molar-refractivity contribution >= 4 is 5.91 Å². The largest absolute Gasteiger partial charge is 0.390 e. The fraction of sp³-hybridized carbons (Fsp3) is 0.850. The quantitative estimate of drug-likeness (QED) is 0.388. The first-order valence-corrected chi connectivity index (χ1v) is 19.2. The lowest BCUT2D eigenvalue weighted by Gasteiger charge is -2.64. The van der Waals surface area contributed by atoms with Gasteiger partial charge >= 0.3 is 0 Å². The molecular formula is C40H60N2O7. The average Bonchev–Trinajstić information content (AvgIpc) is 3.70. The number of nitrogens with zero attached hydrogens (tertiary/aromatic N) is 2. The van der Waals surface area contributed by atoms with Crippen LogP contribution in [0.4, 0.5) is 0 Å². The summed E-state index contributed by atoms with van der Waals surface area (Å²) in [6.07, 6.45) is 7.40. The number of fused-ring (bicyclic) bond motifs is 4. The molecule has 7 fully saturated rings. The van der Waals surface area contributed by atoms with Crippen LogP contribution < -0.4 is 0 Å². The van der Waals surface area contributed by atoms with E-state index in [1.54, 1.807) is 26.1 Å². The number of hydrogen-bond acceptors (Lipinski definition) is 8. The van der Waals surface area contributed by atoms with Crippen LogP contribution >= 0.6 is 0 Å². The fourth-order valence-electron chi connectivity index (χ4n) is 13.9. The van der Waals surface area contributed by atoms with Gasteiger partial charge in [0.05, 0.1) is 43.2 Å². The van der Waals surface area contributed by atoms with Gasteiger partial charge in [0.2, 0.25) is 0 Å². The predicted molar refractivity (Wildman–Crippen MR) is 183 cm³/mol. The van der Waals surface area contributed by atoms with Crippen LogP contribution in [0.5, 0.6) is 0 Å². The van der Waals surface area contributed by atoms with Crippen LogP contribution in [0.25, 0.3) is 0 Å². The van der Waals surface area contributed by atoms with Crippen molar-refractivity contribution in [2.24, 2.45) is 50.7 Å². The molecule has 1 amide bonds. The second kappa shape index (κ2) is 11.2. The molecule has 3 heterocycles. The molecule has 1 aromatic rings. The van der Waals surface area contributed by atoms with Crippen LogP contribution in [0, 0.1) is 50.7 Å². The van der Waals surface area contributed by atoms with E-state index in [9.17, 15) is 20.1 Å². The van der Waals surface area contributed by atoms with Gasteiger partial charge in [0.1, 0.15) is 11.8 Å². The van der Waals surface area contributed by atoms with Crippen LogP contribution in [-0.4, -0.2) is 93.2 Å². The van der Waals surface area contributed by atoms with Gasteiger partial charge in [-0.25, -0.2) is 0 Å². The summed E-state index contributed by atoms with van der Waals surface area (Å²) in [7, 11) is 0. The highest BCUT2D eigenvalue weighted by Gasteiger charge is 2.84. The SMILES string of the molecule is C[C@@H]1C[C@H](C(O)C(C)(C)O)O[C@H]2C1[C@@]1(C)CC[C@@]34CC35CCC(OC3CN(C(=O)c6ccccn6)CCO3)C(C)(C)[C@@H]5CC[C@H]4[C@]1(C)[C@H]2O. The zero-order chi connectivity index (χ0) is 34.9. The number of rotatable bonds is 5. The van der Waals surface area contributed by atoms with E-state index in [1.165, 1.54) is 12.8 Å². The van der Waals surface area contributed by atoms with Gasteiger partial charge in [0, 0.05) is 18.2 Å². The Balaban J connectivity index is 1.00. The summed E-state index contributed by atoms with van der Waals surface area (Å²) in [5.41, 5.74) is -0.712. The zero-order valence-corrected chi connectivity index (χ0v) is 30.7. The third-order valence-corrected chi connectivity index (χ3v) is 16.4. The summed E-state index contributed by atoms with van der Waals surface area (Å²) in [6.45, 7) is 16.6. The lowest BCUT2D eigenvalue weighted by Crippen LogP contribution is -2.60. The first-order chi connectivity index (χ1) is 23.0. The summed E-state index contributed by atoms with van der Waals surface area (Å²) < 4.78 is 19.6. The number of pyridine rings is 1. The van der Waals surface area contributed by atoms with E-state index < -0.39 is 30.2 Å². The maximum absolute atomic E-state index is 13.2. The number of aliphatic hydroxyl groups excluding tert-OH is 2. The topological polar surface area (TPSA) is 122 Å². The number of aliphatic hydroxyl groups is 3. The van der Waals surface area contributed by atoms with E-state index in [2.05, 4.69) is 39.6 Å². The van der Waals surface area contributed by atoms with Crippen molar-refractivity contribution < 1.29 is 34.3 Å². The molecule has 1 aromatic heterocycles. The molecule has 0 aromatic carbocycles. The van der Waals surface area contributed by atoms with Gasteiger partial charge in [0.25, 0.3) is 5.91 Å². The van der Waals surface area contributed by atoms with Gasteiger partial charge in [-0.1, -0.05) is 40.7 Å². The molecule has 7 aliphatic rings. The minimum absolute atomic E-state index is 0.0463. The van der Waals surface area contributed by atoms with Gasteiger partial charge in [0.15, 0.2) is 6.29 Å². The summed E-state index contributed by atoms with van der Waals surface area (Å²) in [5, 5.41) is 34.1. The van der Waals surface area contributed by atoms with E-state index >= 15 is 0 Å². The van der Waals surface area contributed by atoms with Gasteiger partial charge in [-0.05, 0) is 123 Å². The molecule has 5 saturated carbocycles. The number of aromatic nitrogens is 1. The van der Waals surface area contributed by atoms with Crippen molar-refractivity contribution in [2.45, 2.75) is 142 Å². The number of carbonyl (C=O) groups excluding carboxylic acids is 1. The van der Waals surface area contributed by atoms with Crippen LogP contribution in [0.1, 0.15) is 110 Å². The molecule has 14 atom stereocenters. The number of morpholine rings is 1. The molecule has 5 aliphatic carbocycles. The normalized spacial score (nSPS) is 49.1. The molecular weight excluding hydrogens is 620 g/mol. The Bertz CT molecular complexity index is 1450. The first-order valence-electron chi connectivity index (χ1n) is 19.2. The van der Waals surface area contributed by atoms with Crippen LogP contribution in [-0.2, 0) is 14.2 Å². The van der Waals surface area contributed by atoms with Crippen molar-refractivity contribution in [2.75, 3.05) is 19.7 Å². The van der Waals surface area contributed by atoms with Gasteiger partial charge < -0.3 is 34.4 Å². The molecule has 2 spiro atoms. The Morgan fingerprint density at radius 1 is 1.08 bits per heavy atom. The Labute approximate surface area is 292 Å². The summed E-state index contributed by atoms with van der Waals surface area (Å²) >= 11 is 0. The molecule has 49 heavy (non-hydrogen) atoms. The molecule has 8 rings (SSSR count). The van der Waals surface area contributed by atoms with Crippen molar-refractivity contribution in [3.8, 4) is 0 Å². The first kappa shape index (κ1) is 34.5. The number of carbonyl (C=O) groups is 1.